The lowest BCUT2D eigenvalue weighted by Gasteiger charge is -2.24. The molecule has 1 heterocycles. The van der Waals surface area contributed by atoms with E-state index < -0.39 is 11.3 Å². The van der Waals surface area contributed by atoms with Crippen LogP contribution in [0.5, 0.6) is 0 Å². The van der Waals surface area contributed by atoms with Crippen LogP contribution in [0.2, 0.25) is 0 Å². The Hall–Kier alpha value is -2.23. The molecule has 1 radical (unpaired) electrons. The SMILES string of the molecule is CC(C)([C]=O)C(C=O)c1ccnn1-c1ccccc1. The van der Waals surface area contributed by atoms with Crippen molar-refractivity contribution >= 4 is 12.6 Å². The summed E-state index contributed by atoms with van der Waals surface area (Å²) < 4.78 is 1.68. The molecule has 1 aromatic carbocycles. The third-order valence-corrected chi connectivity index (χ3v) is 3.17. The molecule has 0 aliphatic carbocycles. The number of hydrogen-bond acceptors (Lipinski definition) is 3. The summed E-state index contributed by atoms with van der Waals surface area (Å²) >= 11 is 0. The van der Waals surface area contributed by atoms with E-state index in [1.807, 2.05) is 36.6 Å². The Bertz CT molecular complexity index is 573. The molecule has 4 nitrogen and oxygen atoms in total. The summed E-state index contributed by atoms with van der Waals surface area (Å²) in [7, 11) is 0. The number of carbonyl (C=O) groups excluding carboxylic acids is 2. The molecule has 0 saturated carbocycles. The van der Waals surface area contributed by atoms with Crippen LogP contribution in [-0.4, -0.2) is 22.4 Å². The largest absolute Gasteiger partial charge is 0.303 e. The van der Waals surface area contributed by atoms with Crippen molar-refractivity contribution in [3.63, 3.8) is 0 Å². The number of rotatable bonds is 5. The first kappa shape index (κ1) is 13.2. The number of nitrogens with zero attached hydrogens (tertiary/aromatic N) is 2. The molecule has 0 N–H and O–H groups in total. The van der Waals surface area contributed by atoms with Crippen LogP contribution in [0.3, 0.4) is 0 Å². The molecule has 0 amide bonds. The molecule has 2 aromatic rings. The Morgan fingerprint density at radius 3 is 2.53 bits per heavy atom. The molecular formula is C15H15N2O2. The lowest BCUT2D eigenvalue weighted by Crippen LogP contribution is -2.27. The maximum absolute atomic E-state index is 11.4. The molecule has 0 spiro atoms. The van der Waals surface area contributed by atoms with Gasteiger partial charge in [0.25, 0.3) is 0 Å². The van der Waals surface area contributed by atoms with Gasteiger partial charge in [-0.25, -0.2) is 4.68 Å². The van der Waals surface area contributed by atoms with Gasteiger partial charge in [0.2, 0.25) is 6.29 Å². The van der Waals surface area contributed by atoms with Crippen molar-refractivity contribution in [1.29, 1.82) is 0 Å². The molecule has 19 heavy (non-hydrogen) atoms. The molecule has 1 unspecified atom stereocenters. The number of aromatic nitrogens is 2. The first-order valence-corrected chi connectivity index (χ1v) is 6.04. The standard InChI is InChI=1S/C15H15N2O2/c1-15(2,11-19)13(10-18)14-8-9-16-17(14)12-6-4-3-5-7-12/h3-10,13H,1-2H3. The Labute approximate surface area is 112 Å². The molecule has 2 rings (SSSR count). The molecule has 1 atom stereocenters. The van der Waals surface area contributed by atoms with E-state index in [4.69, 9.17) is 0 Å². The normalized spacial score (nSPS) is 12.9. The zero-order valence-corrected chi connectivity index (χ0v) is 10.9. The van der Waals surface area contributed by atoms with E-state index in [0.717, 1.165) is 12.0 Å². The molecule has 0 bridgehead atoms. The second-order valence-corrected chi connectivity index (χ2v) is 4.94. The van der Waals surface area contributed by atoms with Gasteiger partial charge in [-0.15, -0.1) is 0 Å². The number of para-hydroxylation sites is 1. The van der Waals surface area contributed by atoms with Gasteiger partial charge in [0, 0.05) is 11.6 Å². The smallest absolute Gasteiger partial charge is 0.205 e. The van der Waals surface area contributed by atoms with Crippen LogP contribution in [0.15, 0.2) is 42.6 Å². The van der Waals surface area contributed by atoms with Gasteiger partial charge in [-0.2, -0.15) is 5.10 Å². The van der Waals surface area contributed by atoms with E-state index in [-0.39, 0.29) is 0 Å². The van der Waals surface area contributed by atoms with Crippen molar-refractivity contribution in [3.05, 3.63) is 48.3 Å². The van der Waals surface area contributed by atoms with Gasteiger partial charge in [0.1, 0.15) is 6.29 Å². The van der Waals surface area contributed by atoms with Crippen LogP contribution >= 0.6 is 0 Å². The fraction of sp³-hybridized carbons (Fsp3) is 0.267. The van der Waals surface area contributed by atoms with Crippen LogP contribution in [0.4, 0.5) is 0 Å². The lowest BCUT2D eigenvalue weighted by atomic mass is 9.79. The summed E-state index contributed by atoms with van der Waals surface area (Å²) in [5.41, 5.74) is 0.666. The van der Waals surface area contributed by atoms with Gasteiger partial charge in [0.15, 0.2) is 0 Å². The van der Waals surface area contributed by atoms with E-state index >= 15 is 0 Å². The minimum Gasteiger partial charge on any atom is -0.303 e. The van der Waals surface area contributed by atoms with E-state index in [1.54, 1.807) is 30.8 Å². The first-order valence-electron chi connectivity index (χ1n) is 6.04. The van der Waals surface area contributed by atoms with Crippen molar-refractivity contribution in [3.8, 4) is 5.69 Å². The Balaban J connectivity index is 2.50. The van der Waals surface area contributed by atoms with Gasteiger partial charge in [-0.3, -0.25) is 4.79 Å². The highest BCUT2D eigenvalue weighted by atomic mass is 16.1. The summed E-state index contributed by atoms with van der Waals surface area (Å²) in [5, 5.41) is 4.23. The van der Waals surface area contributed by atoms with Crippen molar-refractivity contribution in [2.75, 3.05) is 0 Å². The van der Waals surface area contributed by atoms with Gasteiger partial charge in [-0.05, 0) is 18.2 Å². The monoisotopic (exact) mass is 255 g/mol. The lowest BCUT2D eigenvalue weighted by molar-refractivity contribution is -0.110. The summed E-state index contributed by atoms with van der Waals surface area (Å²) in [5.74, 6) is -0.576. The molecule has 4 heteroatoms. The molecule has 0 fully saturated rings. The maximum atomic E-state index is 11.4. The summed E-state index contributed by atoms with van der Waals surface area (Å²) in [6.45, 7) is 3.39. The minimum atomic E-state index is -0.881. The van der Waals surface area contributed by atoms with Gasteiger partial charge in [-0.1, -0.05) is 32.0 Å². The number of hydrogen-bond donors (Lipinski definition) is 0. The summed E-state index contributed by atoms with van der Waals surface area (Å²) in [6, 6.07) is 11.3. The molecule has 97 valence electrons. The Morgan fingerprint density at radius 2 is 1.95 bits per heavy atom. The second-order valence-electron chi connectivity index (χ2n) is 4.94. The molecule has 0 aliphatic heterocycles. The van der Waals surface area contributed by atoms with Crippen LogP contribution in [0.1, 0.15) is 25.5 Å². The first-order chi connectivity index (χ1) is 9.10. The molecular weight excluding hydrogens is 240 g/mol. The average Bonchev–Trinajstić information content (AvgIpc) is 2.89. The molecule has 0 aliphatic rings. The zero-order chi connectivity index (χ0) is 13.9. The van der Waals surface area contributed by atoms with Gasteiger partial charge >= 0.3 is 0 Å². The predicted molar refractivity (Wildman–Crippen MR) is 71.8 cm³/mol. The Kier molecular flexibility index (Phi) is 3.60. The van der Waals surface area contributed by atoms with Crippen LogP contribution < -0.4 is 0 Å². The van der Waals surface area contributed by atoms with E-state index in [0.29, 0.717) is 5.69 Å². The van der Waals surface area contributed by atoms with Crippen molar-refractivity contribution < 1.29 is 9.59 Å². The average molecular weight is 255 g/mol. The molecule has 1 aromatic heterocycles. The van der Waals surface area contributed by atoms with Gasteiger partial charge in [0.05, 0.1) is 17.3 Å². The highest BCUT2D eigenvalue weighted by Crippen LogP contribution is 2.32. The summed E-state index contributed by atoms with van der Waals surface area (Å²) in [6.07, 6.45) is 4.34. The van der Waals surface area contributed by atoms with Crippen LogP contribution in [0, 0.1) is 5.41 Å². The minimum absolute atomic E-state index is 0.576. The fourth-order valence-corrected chi connectivity index (χ4v) is 2.01. The Morgan fingerprint density at radius 1 is 1.26 bits per heavy atom. The summed E-state index contributed by atoms with van der Waals surface area (Å²) in [4.78, 5) is 22.4. The number of aldehydes is 1. The predicted octanol–water partition coefficient (Wildman–Crippen LogP) is 2.29. The maximum Gasteiger partial charge on any atom is 0.205 e. The number of carbonyl (C=O) groups is 1. The van der Waals surface area contributed by atoms with E-state index in [1.165, 1.54) is 0 Å². The third-order valence-electron chi connectivity index (χ3n) is 3.17. The number of benzene rings is 1. The van der Waals surface area contributed by atoms with Crippen molar-refractivity contribution in [2.24, 2.45) is 5.41 Å². The van der Waals surface area contributed by atoms with Crippen molar-refractivity contribution in [1.82, 2.24) is 9.78 Å². The van der Waals surface area contributed by atoms with Crippen LogP contribution in [-0.2, 0) is 9.59 Å². The second kappa shape index (κ2) is 5.18. The molecule has 0 saturated heterocycles. The third kappa shape index (κ3) is 2.47. The van der Waals surface area contributed by atoms with E-state index in [2.05, 4.69) is 5.10 Å². The van der Waals surface area contributed by atoms with Crippen LogP contribution in [0.25, 0.3) is 5.69 Å². The van der Waals surface area contributed by atoms with E-state index in [9.17, 15) is 9.59 Å². The highest BCUT2D eigenvalue weighted by Gasteiger charge is 2.33. The highest BCUT2D eigenvalue weighted by molar-refractivity contribution is 5.73. The quantitative estimate of drug-likeness (QED) is 0.770. The zero-order valence-electron chi connectivity index (χ0n) is 10.9. The topological polar surface area (TPSA) is 52.0 Å². The van der Waals surface area contributed by atoms with Crippen molar-refractivity contribution in [2.45, 2.75) is 19.8 Å². The fourth-order valence-electron chi connectivity index (χ4n) is 2.01. The van der Waals surface area contributed by atoms with Gasteiger partial charge < -0.3 is 4.79 Å².